The Hall–Kier alpha value is -4.13. The van der Waals surface area contributed by atoms with E-state index < -0.39 is 18.2 Å². The number of benzene rings is 3. The van der Waals surface area contributed by atoms with Gasteiger partial charge in [-0.3, -0.25) is 14.5 Å². The summed E-state index contributed by atoms with van der Waals surface area (Å²) in [6.07, 6.45) is -0.128. The maximum absolute atomic E-state index is 13.6. The number of nitrogens with zero attached hydrogens (tertiary/aromatic N) is 1. The Morgan fingerprint density at radius 3 is 2.22 bits per heavy atom. The average molecular weight is 486 g/mol. The van der Waals surface area contributed by atoms with E-state index in [0.29, 0.717) is 17.7 Å². The number of amides is 3. The van der Waals surface area contributed by atoms with Crippen LogP contribution >= 0.6 is 0 Å². The highest BCUT2D eigenvalue weighted by Gasteiger charge is 2.47. The van der Waals surface area contributed by atoms with E-state index in [1.54, 1.807) is 24.3 Å². The first-order valence-corrected chi connectivity index (χ1v) is 12.2. The van der Waals surface area contributed by atoms with Crippen molar-refractivity contribution >= 4 is 23.6 Å². The number of hydrogen-bond donors (Lipinski definition) is 2. The lowest BCUT2D eigenvalue weighted by Gasteiger charge is -2.26. The van der Waals surface area contributed by atoms with Crippen molar-refractivity contribution in [1.82, 2.24) is 10.2 Å². The second kappa shape index (κ2) is 11.5. The molecule has 0 aliphatic carbocycles. The van der Waals surface area contributed by atoms with Crippen LogP contribution in [0.1, 0.15) is 55.5 Å². The van der Waals surface area contributed by atoms with Gasteiger partial charge in [0.2, 0.25) is 11.8 Å². The van der Waals surface area contributed by atoms with Gasteiger partial charge in [-0.05, 0) is 42.2 Å². The van der Waals surface area contributed by atoms with Gasteiger partial charge in [0, 0.05) is 12.1 Å². The summed E-state index contributed by atoms with van der Waals surface area (Å²) in [7, 11) is 0. The molecule has 0 spiro atoms. The van der Waals surface area contributed by atoms with E-state index in [-0.39, 0.29) is 24.4 Å². The fourth-order valence-corrected chi connectivity index (χ4v) is 4.32. The van der Waals surface area contributed by atoms with Crippen molar-refractivity contribution in [3.8, 4) is 0 Å². The molecule has 3 aromatic carbocycles. The van der Waals surface area contributed by atoms with Crippen molar-refractivity contribution in [2.75, 3.05) is 5.32 Å². The highest BCUT2D eigenvalue weighted by Crippen LogP contribution is 2.35. The molecule has 0 bridgehead atoms. The molecule has 1 aliphatic heterocycles. The zero-order chi connectivity index (χ0) is 25.5. The first kappa shape index (κ1) is 25.0. The number of cyclic esters (lactones) is 1. The summed E-state index contributed by atoms with van der Waals surface area (Å²) in [5, 5.41) is 5.91. The standard InChI is InChI=1S/C29H31N3O4/c1-3-10-25(33)31-24-17-15-23(16-18-24)27-26(28(34)30-20(2)22-13-8-5-9-14-22)32(29(35)36-27)19-21-11-6-4-7-12-21/h4-9,11-18,20,26-27H,3,10,19H2,1-2H3,(H,30,34)(H,31,33). The molecule has 3 amide bonds. The molecule has 1 aliphatic rings. The molecule has 3 atom stereocenters. The van der Waals surface area contributed by atoms with Crippen LogP contribution in [0.15, 0.2) is 84.9 Å². The molecular weight excluding hydrogens is 454 g/mol. The fourth-order valence-electron chi connectivity index (χ4n) is 4.32. The quantitative estimate of drug-likeness (QED) is 0.427. The summed E-state index contributed by atoms with van der Waals surface area (Å²) in [5.74, 6) is -0.350. The third-order valence-electron chi connectivity index (χ3n) is 6.21. The van der Waals surface area contributed by atoms with Gasteiger partial charge in [-0.2, -0.15) is 0 Å². The van der Waals surface area contributed by atoms with Gasteiger partial charge in [-0.1, -0.05) is 79.7 Å². The Labute approximate surface area is 211 Å². The number of hydrogen-bond acceptors (Lipinski definition) is 4. The second-order valence-electron chi connectivity index (χ2n) is 8.92. The Kier molecular flexibility index (Phi) is 8.00. The van der Waals surface area contributed by atoms with Gasteiger partial charge in [0.05, 0.1) is 12.6 Å². The molecule has 7 nitrogen and oxygen atoms in total. The van der Waals surface area contributed by atoms with Crippen molar-refractivity contribution in [2.24, 2.45) is 0 Å². The molecule has 7 heteroatoms. The van der Waals surface area contributed by atoms with Gasteiger partial charge >= 0.3 is 6.09 Å². The summed E-state index contributed by atoms with van der Waals surface area (Å²) in [6.45, 7) is 4.11. The van der Waals surface area contributed by atoms with Crippen molar-refractivity contribution in [1.29, 1.82) is 0 Å². The first-order chi connectivity index (χ1) is 17.5. The van der Waals surface area contributed by atoms with Gasteiger partial charge in [0.15, 0.2) is 12.1 Å². The first-order valence-electron chi connectivity index (χ1n) is 12.2. The zero-order valence-corrected chi connectivity index (χ0v) is 20.5. The lowest BCUT2D eigenvalue weighted by atomic mass is 9.99. The number of nitrogens with one attached hydrogen (secondary N) is 2. The topological polar surface area (TPSA) is 87.7 Å². The lowest BCUT2D eigenvalue weighted by molar-refractivity contribution is -0.127. The Morgan fingerprint density at radius 1 is 0.944 bits per heavy atom. The Bertz CT molecular complexity index is 1180. The van der Waals surface area contributed by atoms with Crippen LogP contribution < -0.4 is 10.6 Å². The number of carbonyl (C=O) groups is 3. The van der Waals surface area contributed by atoms with Gasteiger partial charge in [0.25, 0.3) is 0 Å². The van der Waals surface area contributed by atoms with Crippen LogP contribution in [0.4, 0.5) is 10.5 Å². The minimum absolute atomic E-state index is 0.0567. The summed E-state index contributed by atoms with van der Waals surface area (Å²) in [4.78, 5) is 40.0. The maximum Gasteiger partial charge on any atom is 0.411 e. The molecule has 1 saturated heterocycles. The predicted octanol–water partition coefficient (Wildman–Crippen LogP) is 5.36. The van der Waals surface area contributed by atoms with Crippen LogP contribution in [0.3, 0.4) is 0 Å². The molecule has 0 saturated carbocycles. The van der Waals surface area contributed by atoms with E-state index in [9.17, 15) is 14.4 Å². The monoisotopic (exact) mass is 485 g/mol. The molecule has 3 unspecified atom stereocenters. The number of rotatable bonds is 9. The van der Waals surface area contributed by atoms with E-state index in [1.807, 2.05) is 74.5 Å². The second-order valence-corrected chi connectivity index (χ2v) is 8.92. The molecule has 1 heterocycles. The zero-order valence-electron chi connectivity index (χ0n) is 20.5. The number of carbonyl (C=O) groups excluding carboxylic acids is 3. The predicted molar refractivity (Wildman–Crippen MR) is 138 cm³/mol. The molecule has 1 fully saturated rings. The van der Waals surface area contributed by atoms with E-state index in [2.05, 4.69) is 10.6 Å². The van der Waals surface area contributed by atoms with Crippen LogP contribution in [0.2, 0.25) is 0 Å². The third-order valence-corrected chi connectivity index (χ3v) is 6.21. The molecule has 36 heavy (non-hydrogen) atoms. The van der Waals surface area contributed by atoms with Gasteiger partial charge in [-0.25, -0.2) is 4.79 Å². The molecule has 0 radical (unpaired) electrons. The van der Waals surface area contributed by atoms with Gasteiger partial charge in [0.1, 0.15) is 0 Å². The Balaban J connectivity index is 1.59. The van der Waals surface area contributed by atoms with E-state index in [1.165, 1.54) is 4.90 Å². The number of ether oxygens (including phenoxy) is 1. The number of anilines is 1. The van der Waals surface area contributed by atoms with E-state index in [0.717, 1.165) is 17.5 Å². The third kappa shape index (κ3) is 5.92. The summed E-state index contributed by atoms with van der Waals surface area (Å²) < 4.78 is 5.75. The summed E-state index contributed by atoms with van der Waals surface area (Å²) >= 11 is 0. The molecule has 0 aromatic heterocycles. The summed E-state index contributed by atoms with van der Waals surface area (Å²) in [6, 6.07) is 25.2. The normalized spacial score (nSPS) is 17.8. The minimum atomic E-state index is -0.857. The van der Waals surface area contributed by atoms with Crippen molar-refractivity contribution in [3.63, 3.8) is 0 Å². The fraction of sp³-hybridized carbons (Fsp3) is 0.276. The minimum Gasteiger partial charge on any atom is -0.438 e. The summed E-state index contributed by atoms with van der Waals surface area (Å²) in [5.41, 5.74) is 3.20. The Morgan fingerprint density at radius 2 is 1.58 bits per heavy atom. The van der Waals surface area contributed by atoms with Crippen LogP contribution in [0.5, 0.6) is 0 Å². The molecular formula is C29H31N3O4. The van der Waals surface area contributed by atoms with Crippen molar-refractivity contribution < 1.29 is 19.1 Å². The highest BCUT2D eigenvalue weighted by molar-refractivity contribution is 5.91. The van der Waals surface area contributed by atoms with Crippen LogP contribution in [0, 0.1) is 0 Å². The lowest BCUT2D eigenvalue weighted by Crippen LogP contribution is -2.46. The SMILES string of the molecule is CCCC(=O)Nc1ccc(C2OC(=O)N(Cc3ccccc3)C2C(=O)NC(C)c2ccccc2)cc1. The van der Waals surface area contributed by atoms with Crippen LogP contribution in [-0.2, 0) is 20.9 Å². The van der Waals surface area contributed by atoms with Crippen molar-refractivity contribution in [2.45, 2.75) is 51.4 Å². The molecule has 4 rings (SSSR count). The molecule has 2 N–H and O–H groups in total. The largest absolute Gasteiger partial charge is 0.438 e. The van der Waals surface area contributed by atoms with Gasteiger partial charge in [-0.15, -0.1) is 0 Å². The van der Waals surface area contributed by atoms with E-state index >= 15 is 0 Å². The smallest absolute Gasteiger partial charge is 0.411 e. The molecule has 186 valence electrons. The van der Waals surface area contributed by atoms with Crippen LogP contribution in [0.25, 0.3) is 0 Å². The van der Waals surface area contributed by atoms with Crippen molar-refractivity contribution in [3.05, 3.63) is 102 Å². The van der Waals surface area contributed by atoms with Crippen LogP contribution in [-0.4, -0.2) is 28.8 Å². The average Bonchev–Trinajstić information content (AvgIpc) is 3.21. The van der Waals surface area contributed by atoms with Gasteiger partial charge < -0.3 is 15.4 Å². The highest BCUT2D eigenvalue weighted by atomic mass is 16.6. The molecule has 3 aromatic rings. The van der Waals surface area contributed by atoms with E-state index in [4.69, 9.17) is 4.74 Å². The maximum atomic E-state index is 13.6.